The Bertz CT molecular complexity index is 705. The van der Waals surface area contributed by atoms with E-state index in [-0.39, 0.29) is 5.92 Å². The van der Waals surface area contributed by atoms with Gasteiger partial charge in [-0.25, -0.2) is 14.4 Å². The van der Waals surface area contributed by atoms with Crippen molar-refractivity contribution in [3.63, 3.8) is 0 Å². The number of alkyl halides is 1. The minimum Gasteiger partial charge on any atom is -0.368 e. The molecule has 5 nitrogen and oxygen atoms in total. The molecule has 0 bridgehead atoms. The second-order valence-electron chi connectivity index (χ2n) is 7.62. The Kier molecular flexibility index (Phi) is 6.37. The zero-order valence-corrected chi connectivity index (χ0v) is 17.0. The second kappa shape index (κ2) is 8.76. The minimum atomic E-state index is -1.26. The van der Waals surface area contributed by atoms with E-state index in [0.29, 0.717) is 6.42 Å². The number of hydrogen-bond acceptors (Lipinski definition) is 5. The molecule has 1 aromatic rings. The van der Waals surface area contributed by atoms with E-state index in [2.05, 4.69) is 44.4 Å². The number of piperazine rings is 1. The molecule has 0 spiro atoms. The molecule has 0 amide bonds. The van der Waals surface area contributed by atoms with Crippen LogP contribution in [0.25, 0.3) is 0 Å². The smallest absolute Gasteiger partial charge is 0.172 e. The average Bonchev–Trinajstić information content (AvgIpc) is 2.78. The van der Waals surface area contributed by atoms with E-state index in [9.17, 15) is 4.39 Å². The monoisotopic (exact) mass is 385 g/mol. The van der Waals surface area contributed by atoms with E-state index in [0.717, 1.165) is 69.4 Å². The number of anilines is 2. The Balaban J connectivity index is 1.68. The lowest BCUT2D eigenvalue weighted by Crippen LogP contribution is -2.47. The number of aromatic nitrogens is 2. The van der Waals surface area contributed by atoms with Crippen molar-refractivity contribution in [1.82, 2.24) is 14.9 Å². The van der Waals surface area contributed by atoms with Gasteiger partial charge in [-0.15, -0.1) is 0 Å². The van der Waals surface area contributed by atoms with Crippen molar-refractivity contribution in [2.24, 2.45) is 5.92 Å². The Morgan fingerprint density at radius 3 is 2.07 bits per heavy atom. The highest BCUT2D eigenvalue weighted by Gasteiger charge is 2.37. The molecule has 0 aromatic carbocycles. The number of rotatable bonds is 7. The predicted octanol–water partition coefficient (Wildman–Crippen LogP) is 3.82. The molecule has 1 unspecified atom stereocenters. The number of allylic oxidation sites excluding steroid dienone is 2. The quantitative estimate of drug-likeness (QED) is 0.527. The molecule has 0 saturated carbocycles. The zero-order valence-electron chi connectivity index (χ0n) is 17.0. The first-order chi connectivity index (χ1) is 13.5. The first kappa shape index (κ1) is 20.4. The first-order valence-electron chi connectivity index (χ1n) is 10.2. The minimum absolute atomic E-state index is 0.0276. The number of piperidine rings is 1. The summed E-state index contributed by atoms with van der Waals surface area (Å²) >= 11 is 0. The highest BCUT2D eigenvalue weighted by Crippen LogP contribution is 2.37. The summed E-state index contributed by atoms with van der Waals surface area (Å²) in [5, 5.41) is 0. The van der Waals surface area contributed by atoms with E-state index in [4.69, 9.17) is 0 Å². The summed E-state index contributed by atoms with van der Waals surface area (Å²) in [5.74, 6) is 1.87. The third kappa shape index (κ3) is 4.05. The third-order valence-corrected chi connectivity index (χ3v) is 6.24. The van der Waals surface area contributed by atoms with Crippen molar-refractivity contribution >= 4 is 11.6 Å². The van der Waals surface area contributed by atoms with Crippen LogP contribution in [0.15, 0.2) is 50.0 Å². The average molecular weight is 386 g/mol. The maximum atomic E-state index is 15.0. The number of nitrogens with zero attached hydrogens (tertiary/aromatic N) is 5. The summed E-state index contributed by atoms with van der Waals surface area (Å²) in [6, 6.07) is 0. The molecule has 2 saturated heterocycles. The van der Waals surface area contributed by atoms with Gasteiger partial charge in [0.1, 0.15) is 5.67 Å². The molecule has 3 rings (SSSR count). The van der Waals surface area contributed by atoms with Crippen molar-refractivity contribution in [2.45, 2.75) is 31.9 Å². The molecular formula is C22H32FN5. The van der Waals surface area contributed by atoms with Gasteiger partial charge in [-0.1, -0.05) is 32.7 Å². The Morgan fingerprint density at radius 2 is 1.61 bits per heavy atom. The summed E-state index contributed by atoms with van der Waals surface area (Å²) < 4.78 is 15.0. The van der Waals surface area contributed by atoms with Gasteiger partial charge in [0.25, 0.3) is 0 Å². The fourth-order valence-corrected chi connectivity index (χ4v) is 4.27. The van der Waals surface area contributed by atoms with Crippen LogP contribution >= 0.6 is 0 Å². The SMILES string of the molecule is C=CC(=C)N1CCN(c2nccnc2N2CCC(C(F)(C=C)CC)CC2)CC1. The van der Waals surface area contributed by atoms with Crippen molar-refractivity contribution in [3.8, 4) is 0 Å². The van der Waals surface area contributed by atoms with E-state index in [1.807, 2.05) is 6.92 Å². The topological polar surface area (TPSA) is 35.5 Å². The summed E-state index contributed by atoms with van der Waals surface area (Å²) in [5.41, 5.74) is -0.296. The molecule has 1 atom stereocenters. The second-order valence-corrected chi connectivity index (χ2v) is 7.62. The normalized spacial score (nSPS) is 20.6. The molecule has 0 radical (unpaired) electrons. The third-order valence-electron chi connectivity index (χ3n) is 6.24. The van der Waals surface area contributed by atoms with E-state index in [1.54, 1.807) is 18.5 Å². The van der Waals surface area contributed by atoms with Crippen LogP contribution in [0.4, 0.5) is 16.0 Å². The largest absolute Gasteiger partial charge is 0.368 e. The van der Waals surface area contributed by atoms with Crippen molar-refractivity contribution in [3.05, 3.63) is 50.0 Å². The molecule has 1 aromatic heterocycles. The number of halogens is 1. The Morgan fingerprint density at radius 1 is 1.07 bits per heavy atom. The van der Waals surface area contributed by atoms with Gasteiger partial charge in [0.2, 0.25) is 0 Å². The van der Waals surface area contributed by atoms with Crippen molar-refractivity contribution in [2.75, 3.05) is 49.1 Å². The zero-order chi connectivity index (χ0) is 20.1. The van der Waals surface area contributed by atoms with Crippen molar-refractivity contribution in [1.29, 1.82) is 0 Å². The Labute approximate surface area is 168 Å². The van der Waals surface area contributed by atoms with Gasteiger partial charge >= 0.3 is 0 Å². The molecule has 152 valence electrons. The molecule has 2 fully saturated rings. The summed E-state index contributed by atoms with van der Waals surface area (Å²) in [6.45, 7) is 18.6. The van der Waals surface area contributed by atoms with Gasteiger partial charge in [0.15, 0.2) is 11.6 Å². The molecule has 2 aliphatic rings. The summed E-state index contributed by atoms with van der Waals surface area (Å²) in [7, 11) is 0. The van der Waals surface area contributed by atoms with Crippen LogP contribution in [0, 0.1) is 5.92 Å². The van der Waals surface area contributed by atoms with Crippen LogP contribution in [0.3, 0.4) is 0 Å². The summed E-state index contributed by atoms with van der Waals surface area (Å²) in [6.07, 6.45) is 8.89. The van der Waals surface area contributed by atoms with Crippen LogP contribution < -0.4 is 9.80 Å². The maximum Gasteiger partial charge on any atom is 0.172 e. The lowest BCUT2D eigenvalue weighted by molar-refractivity contribution is 0.110. The maximum absolute atomic E-state index is 15.0. The highest BCUT2D eigenvalue weighted by atomic mass is 19.1. The fourth-order valence-electron chi connectivity index (χ4n) is 4.27. The van der Waals surface area contributed by atoms with Crippen molar-refractivity contribution < 1.29 is 4.39 Å². The van der Waals surface area contributed by atoms with Crippen LogP contribution in [-0.4, -0.2) is 59.8 Å². The van der Waals surface area contributed by atoms with Crippen LogP contribution in [0.1, 0.15) is 26.2 Å². The lowest BCUT2D eigenvalue weighted by atomic mass is 9.80. The van der Waals surface area contributed by atoms with Gasteiger partial charge in [0.05, 0.1) is 0 Å². The van der Waals surface area contributed by atoms with E-state index < -0.39 is 5.67 Å². The van der Waals surface area contributed by atoms with Gasteiger partial charge < -0.3 is 14.7 Å². The molecule has 2 aliphatic heterocycles. The first-order valence-corrected chi connectivity index (χ1v) is 10.2. The van der Waals surface area contributed by atoms with Gasteiger partial charge in [0, 0.05) is 57.4 Å². The Hall–Kier alpha value is -2.37. The molecule has 0 N–H and O–H groups in total. The molecule has 3 heterocycles. The molecule has 28 heavy (non-hydrogen) atoms. The van der Waals surface area contributed by atoms with E-state index >= 15 is 0 Å². The van der Waals surface area contributed by atoms with Crippen LogP contribution in [0.5, 0.6) is 0 Å². The van der Waals surface area contributed by atoms with Gasteiger partial charge in [-0.05, 0) is 31.3 Å². The van der Waals surface area contributed by atoms with Gasteiger partial charge in [-0.3, -0.25) is 0 Å². The predicted molar refractivity (Wildman–Crippen MR) is 114 cm³/mol. The molecule has 0 aliphatic carbocycles. The summed E-state index contributed by atoms with van der Waals surface area (Å²) in [4.78, 5) is 16.1. The number of hydrogen-bond donors (Lipinski definition) is 0. The lowest BCUT2D eigenvalue weighted by Gasteiger charge is -2.41. The molecular weight excluding hydrogens is 353 g/mol. The van der Waals surface area contributed by atoms with E-state index in [1.165, 1.54) is 6.08 Å². The highest BCUT2D eigenvalue weighted by molar-refractivity contribution is 5.62. The fraction of sp³-hybridized carbons (Fsp3) is 0.545. The standard InChI is InChI=1S/C22H32FN5/c1-5-18(4)26-14-16-28(17-15-26)21-20(24-10-11-25-21)27-12-8-19(9-13-27)22(23,6-2)7-3/h5-6,10-11,19H,1-2,4,7-9,12-17H2,3H3. The molecule has 6 heteroatoms. The van der Waals surface area contributed by atoms with Gasteiger partial charge in [-0.2, -0.15) is 0 Å². The van der Waals surface area contributed by atoms with Crippen LogP contribution in [-0.2, 0) is 0 Å². The van der Waals surface area contributed by atoms with Crippen LogP contribution in [0.2, 0.25) is 0 Å².